The summed E-state index contributed by atoms with van der Waals surface area (Å²) in [6, 6.07) is 2.90. The number of rotatable bonds is 4. The van der Waals surface area contributed by atoms with Crippen LogP contribution in [-0.2, 0) is 14.3 Å². The summed E-state index contributed by atoms with van der Waals surface area (Å²) in [6.45, 7) is 8.35. The van der Waals surface area contributed by atoms with Gasteiger partial charge < -0.3 is 24.4 Å². The van der Waals surface area contributed by atoms with Crippen molar-refractivity contribution in [1.29, 1.82) is 0 Å². The van der Waals surface area contributed by atoms with Crippen molar-refractivity contribution in [2.75, 3.05) is 33.2 Å². The highest BCUT2D eigenvalue weighted by Gasteiger charge is 2.36. The number of amides is 1. The highest BCUT2D eigenvalue weighted by atomic mass is 19.3. The minimum absolute atomic E-state index is 0.106. The van der Waals surface area contributed by atoms with Crippen LogP contribution in [0, 0.1) is 17.7 Å². The number of cyclic esters (lactones) is 1. The van der Waals surface area contributed by atoms with Gasteiger partial charge in [0.05, 0.1) is 35.7 Å². The molecule has 2 fully saturated rings. The Morgan fingerprint density at radius 2 is 1.79 bits per heavy atom. The van der Waals surface area contributed by atoms with E-state index in [1.165, 1.54) is 12.3 Å². The van der Waals surface area contributed by atoms with Crippen LogP contribution in [-0.4, -0.2) is 94.2 Å². The number of fused-ring (bicyclic) bond motifs is 1. The zero-order valence-corrected chi connectivity index (χ0v) is 27.7. The van der Waals surface area contributed by atoms with E-state index in [9.17, 15) is 23.5 Å². The third-order valence-electron chi connectivity index (χ3n) is 9.82. The number of piperazine rings is 1. The molecule has 5 rings (SSSR count). The molecule has 9 nitrogen and oxygen atoms in total. The average molecular weight is 661 g/mol. The number of carbonyl (C=O) groups excluding carboxylic acids is 2. The van der Waals surface area contributed by atoms with Crippen molar-refractivity contribution in [2.24, 2.45) is 11.8 Å². The van der Waals surface area contributed by atoms with Gasteiger partial charge in [-0.1, -0.05) is 26.0 Å². The first-order valence-corrected chi connectivity index (χ1v) is 16.7. The summed E-state index contributed by atoms with van der Waals surface area (Å²) < 4.78 is 56.5. The molecular weight excluding hydrogens is 613 g/mol. The van der Waals surface area contributed by atoms with E-state index in [1.54, 1.807) is 28.6 Å². The van der Waals surface area contributed by atoms with Crippen molar-refractivity contribution < 1.29 is 37.3 Å². The van der Waals surface area contributed by atoms with E-state index in [4.69, 9.17) is 9.47 Å². The predicted molar refractivity (Wildman–Crippen MR) is 172 cm³/mol. The van der Waals surface area contributed by atoms with Crippen LogP contribution in [0.1, 0.15) is 77.3 Å². The summed E-state index contributed by atoms with van der Waals surface area (Å²) in [5.74, 6) is -4.18. The molecule has 1 aromatic heterocycles. The number of benzene rings is 1. The Hall–Kier alpha value is -3.38. The van der Waals surface area contributed by atoms with Gasteiger partial charge in [0, 0.05) is 44.9 Å². The molecule has 12 heteroatoms. The molecule has 1 N–H and O–H groups in total. The minimum Gasteiger partial charge on any atom is -0.457 e. The molecule has 47 heavy (non-hydrogen) atoms. The van der Waals surface area contributed by atoms with Crippen LogP contribution in [0.3, 0.4) is 0 Å². The van der Waals surface area contributed by atoms with Gasteiger partial charge in [-0.05, 0) is 74.9 Å². The highest BCUT2D eigenvalue weighted by molar-refractivity contribution is 5.82. The number of ether oxygens (including phenoxy) is 2. The van der Waals surface area contributed by atoms with Crippen molar-refractivity contribution in [3.8, 4) is 0 Å². The summed E-state index contributed by atoms with van der Waals surface area (Å²) in [4.78, 5) is 29.9. The Labute approximate surface area is 274 Å². The van der Waals surface area contributed by atoms with Gasteiger partial charge in [0.25, 0.3) is 0 Å². The van der Waals surface area contributed by atoms with E-state index >= 15 is 4.39 Å². The highest BCUT2D eigenvalue weighted by Crippen LogP contribution is 2.39. The fraction of sp³-hybridized carbons (Fsp3) is 0.629. The van der Waals surface area contributed by atoms with Gasteiger partial charge in [0.1, 0.15) is 18.0 Å². The standard InChI is InChI=1S/C35H47F3N4O5/c1-22-5-7-27(43)20-32(44)47-33(23(2)6-8-31(22)46-34(45)41-15-13-40(4)14-16-41)24(3)17-25-18-29(36)28-21-39-42(30(28)19-25)26-9-11-35(37,38)12-10-26/h6,8,17-19,21-23,26-27,31,33,43H,5,7,9-16,20H2,1-4H3/b8-6+,24-17+/t22-,23-,27+,31-,33-/m0/s1. The third-order valence-corrected chi connectivity index (χ3v) is 9.82. The molecule has 0 spiro atoms. The van der Waals surface area contributed by atoms with E-state index in [1.807, 2.05) is 33.0 Å². The van der Waals surface area contributed by atoms with E-state index in [-0.39, 0.29) is 56.1 Å². The number of aromatic nitrogens is 2. The maximum atomic E-state index is 15.3. The van der Waals surface area contributed by atoms with Crippen molar-refractivity contribution >= 4 is 29.0 Å². The monoisotopic (exact) mass is 660 g/mol. The number of alkyl halides is 2. The summed E-state index contributed by atoms with van der Waals surface area (Å²) in [6.07, 6.45) is 5.04. The Bertz CT molecular complexity index is 1470. The normalized spacial score (nSPS) is 29.5. The molecule has 1 aromatic carbocycles. The van der Waals surface area contributed by atoms with Crippen LogP contribution >= 0.6 is 0 Å². The van der Waals surface area contributed by atoms with E-state index in [0.29, 0.717) is 48.0 Å². The zero-order chi connectivity index (χ0) is 33.9. The quantitative estimate of drug-likeness (QED) is 0.301. The Balaban J connectivity index is 1.39. The second-order valence-electron chi connectivity index (χ2n) is 13.7. The van der Waals surface area contributed by atoms with Crippen LogP contribution in [0.5, 0.6) is 0 Å². The molecular formula is C35H47F3N4O5. The first kappa shape index (κ1) is 34.9. The Kier molecular flexibility index (Phi) is 11.0. The van der Waals surface area contributed by atoms with Gasteiger partial charge >= 0.3 is 12.1 Å². The molecule has 0 unspecified atom stereocenters. The topological polar surface area (TPSA) is 97.1 Å². The smallest absolute Gasteiger partial charge is 0.410 e. The van der Waals surface area contributed by atoms with E-state index in [0.717, 1.165) is 13.1 Å². The molecule has 1 saturated heterocycles. The number of carbonyl (C=O) groups is 2. The number of hydrogen-bond donors (Lipinski definition) is 1. The summed E-state index contributed by atoms with van der Waals surface area (Å²) >= 11 is 0. The van der Waals surface area contributed by atoms with Crippen LogP contribution in [0.25, 0.3) is 17.0 Å². The molecule has 3 aliphatic rings. The summed E-state index contributed by atoms with van der Waals surface area (Å²) in [5.41, 5.74) is 1.68. The largest absolute Gasteiger partial charge is 0.457 e. The zero-order valence-electron chi connectivity index (χ0n) is 27.7. The first-order valence-electron chi connectivity index (χ1n) is 16.7. The van der Waals surface area contributed by atoms with Crippen LogP contribution < -0.4 is 0 Å². The molecule has 5 atom stereocenters. The third kappa shape index (κ3) is 8.76. The van der Waals surface area contributed by atoms with E-state index < -0.39 is 36.0 Å². The number of halogens is 3. The molecule has 1 amide bonds. The van der Waals surface area contributed by atoms with Crippen molar-refractivity contribution in [3.63, 3.8) is 0 Å². The molecule has 3 heterocycles. The van der Waals surface area contributed by atoms with Crippen molar-refractivity contribution in [1.82, 2.24) is 19.6 Å². The van der Waals surface area contributed by atoms with Crippen LogP contribution in [0.2, 0.25) is 0 Å². The van der Waals surface area contributed by atoms with Gasteiger partial charge in [-0.25, -0.2) is 18.0 Å². The molecule has 258 valence electrons. The number of nitrogens with zero attached hydrogens (tertiary/aromatic N) is 4. The lowest BCUT2D eigenvalue weighted by Gasteiger charge is -2.33. The number of esters is 1. The number of aliphatic hydroxyl groups excluding tert-OH is 1. The minimum atomic E-state index is -2.69. The van der Waals surface area contributed by atoms with Crippen LogP contribution in [0.4, 0.5) is 18.0 Å². The first-order chi connectivity index (χ1) is 22.3. The lowest BCUT2D eigenvalue weighted by atomic mass is 9.91. The second-order valence-corrected chi connectivity index (χ2v) is 13.7. The van der Waals surface area contributed by atoms with Gasteiger partial charge in [0.15, 0.2) is 0 Å². The van der Waals surface area contributed by atoms with E-state index in [2.05, 4.69) is 10.00 Å². The number of aliphatic hydroxyl groups is 1. The molecule has 2 aliphatic heterocycles. The maximum Gasteiger partial charge on any atom is 0.410 e. The second kappa shape index (κ2) is 14.8. The molecule has 0 radical (unpaired) electrons. The molecule has 1 saturated carbocycles. The lowest BCUT2D eigenvalue weighted by Crippen LogP contribution is -2.48. The lowest BCUT2D eigenvalue weighted by molar-refractivity contribution is -0.151. The fourth-order valence-electron chi connectivity index (χ4n) is 6.74. The van der Waals surface area contributed by atoms with Gasteiger partial charge in [-0.15, -0.1) is 0 Å². The fourth-order valence-corrected chi connectivity index (χ4v) is 6.74. The molecule has 2 aromatic rings. The van der Waals surface area contributed by atoms with Crippen molar-refractivity contribution in [2.45, 2.75) is 96.0 Å². The SMILES string of the molecule is C/C(=C\c1cc(F)c2cnn(C3CCC(F)(F)CC3)c2c1)[C@H]1OC(=O)C[C@H](O)CC[C@H](C)[C@@H](OC(=O)N2CCN(C)CC2)/C=C/[C@@H]1C. The Morgan fingerprint density at radius 1 is 1.09 bits per heavy atom. The van der Waals surface area contributed by atoms with Crippen molar-refractivity contribution in [3.05, 3.63) is 47.4 Å². The predicted octanol–water partition coefficient (Wildman–Crippen LogP) is 6.37. The van der Waals surface area contributed by atoms with Crippen LogP contribution in [0.15, 0.2) is 36.1 Å². The summed E-state index contributed by atoms with van der Waals surface area (Å²) in [5, 5.41) is 15.3. The van der Waals surface area contributed by atoms with Gasteiger partial charge in [-0.2, -0.15) is 5.10 Å². The van der Waals surface area contributed by atoms with Gasteiger partial charge in [-0.3, -0.25) is 9.48 Å². The average Bonchev–Trinajstić information content (AvgIpc) is 3.44. The number of hydrogen-bond acceptors (Lipinski definition) is 7. The Morgan fingerprint density at radius 3 is 2.49 bits per heavy atom. The molecule has 0 bridgehead atoms. The van der Waals surface area contributed by atoms with Gasteiger partial charge in [0.2, 0.25) is 5.92 Å². The maximum absolute atomic E-state index is 15.3. The molecule has 1 aliphatic carbocycles. The summed E-state index contributed by atoms with van der Waals surface area (Å²) in [7, 11) is 2.01. The number of likely N-dealkylation sites (N-methyl/N-ethyl adjacent to an activating group) is 1.